The lowest BCUT2D eigenvalue weighted by Gasteiger charge is -2.27. The number of carbonyl (C=O) groups excluding carboxylic acids is 1. The van der Waals surface area contributed by atoms with Crippen molar-refractivity contribution in [2.24, 2.45) is 0 Å². The van der Waals surface area contributed by atoms with Gasteiger partial charge in [-0.3, -0.25) is 4.79 Å². The molecule has 0 radical (unpaired) electrons. The van der Waals surface area contributed by atoms with Crippen LogP contribution in [0, 0.1) is 6.92 Å². The first-order chi connectivity index (χ1) is 10.1. The maximum absolute atomic E-state index is 12.2. The summed E-state index contributed by atoms with van der Waals surface area (Å²) in [6.45, 7) is 5.94. The monoisotopic (exact) mass is 310 g/mol. The summed E-state index contributed by atoms with van der Waals surface area (Å²) in [6.07, 6.45) is 5.17. The summed E-state index contributed by atoms with van der Waals surface area (Å²) in [5.74, 6) is 1.52. The van der Waals surface area contributed by atoms with Crippen molar-refractivity contribution in [2.75, 3.05) is 25.0 Å². The zero-order chi connectivity index (χ0) is 15.2. The molecule has 1 aliphatic heterocycles. The predicted molar refractivity (Wildman–Crippen MR) is 84.7 cm³/mol. The quantitative estimate of drug-likeness (QED) is 0.850. The van der Waals surface area contributed by atoms with Gasteiger partial charge in [0.05, 0.1) is 6.54 Å². The van der Waals surface area contributed by atoms with Gasteiger partial charge in [0.1, 0.15) is 16.8 Å². The van der Waals surface area contributed by atoms with E-state index in [0.717, 1.165) is 50.2 Å². The smallest absolute Gasteiger partial charge is 0.241 e. The van der Waals surface area contributed by atoms with E-state index >= 15 is 0 Å². The number of anilines is 1. The van der Waals surface area contributed by atoms with Crippen LogP contribution in [0.2, 0.25) is 5.15 Å². The minimum atomic E-state index is 0.126. The van der Waals surface area contributed by atoms with Crippen molar-refractivity contribution in [3.63, 3.8) is 0 Å². The van der Waals surface area contributed by atoms with E-state index in [-0.39, 0.29) is 12.5 Å². The first-order valence-corrected chi connectivity index (χ1v) is 8.04. The number of hydrogen-bond donors (Lipinski definition) is 1. The molecule has 5 nitrogen and oxygen atoms in total. The Morgan fingerprint density at radius 2 is 2.00 bits per heavy atom. The van der Waals surface area contributed by atoms with E-state index in [4.69, 9.17) is 11.6 Å². The number of aromatic nitrogens is 2. The summed E-state index contributed by atoms with van der Waals surface area (Å²) in [5, 5.41) is 3.58. The average molecular weight is 311 g/mol. The van der Waals surface area contributed by atoms with Gasteiger partial charge < -0.3 is 10.2 Å². The van der Waals surface area contributed by atoms with Gasteiger partial charge in [0, 0.05) is 25.1 Å². The van der Waals surface area contributed by atoms with Gasteiger partial charge >= 0.3 is 0 Å². The molecule has 1 aromatic heterocycles. The number of nitrogens with zero attached hydrogens (tertiary/aromatic N) is 3. The second kappa shape index (κ2) is 7.59. The van der Waals surface area contributed by atoms with E-state index in [1.165, 1.54) is 6.42 Å². The summed E-state index contributed by atoms with van der Waals surface area (Å²) in [7, 11) is 0. The number of carbonyl (C=O) groups is 1. The lowest BCUT2D eigenvalue weighted by molar-refractivity contribution is -0.130. The number of likely N-dealkylation sites (tertiary alicyclic amines) is 1. The Balaban J connectivity index is 1.99. The van der Waals surface area contributed by atoms with Gasteiger partial charge in [0.2, 0.25) is 5.91 Å². The number of aryl methyl sites for hydroxylation is 1. The van der Waals surface area contributed by atoms with Crippen LogP contribution >= 0.6 is 11.6 Å². The maximum atomic E-state index is 12.2. The fraction of sp³-hybridized carbons (Fsp3) is 0.667. The number of halogens is 1. The van der Waals surface area contributed by atoms with Crippen molar-refractivity contribution < 1.29 is 4.79 Å². The second-order valence-electron chi connectivity index (χ2n) is 5.45. The highest BCUT2D eigenvalue weighted by molar-refractivity contribution is 6.30. The summed E-state index contributed by atoms with van der Waals surface area (Å²) in [5.41, 5.74) is 0.794. The van der Waals surface area contributed by atoms with Crippen molar-refractivity contribution in [2.45, 2.75) is 46.0 Å². The van der Waals surface area contributed by atoms with Crippen LogP contribution in [0.5, 0.6) is 0 Å². The third-order valence-corrected chi connectivity index (χ3v) is 4.09. The molecule has 6 heteroatoms. The largest absolute Gasteiger partial charge is 0.361 e. The minimum absolute atomic E-state index is 0.126. The highest BCUT2D eigenvalue weighted by Crippen LogP contribution is 2.20. The Morgan fingerprint density at radius 3 is 2.67 bits per heavy atom. The maximum Gasteiger partial charge on any atom is 0.241 e. The van der Waals surface area contributed by atoms with Gasteiger partial charge in [-0.05, 0) is 32.6 Å². The molecule has 0 unspecified atom stereocenters. The van der Waals surface area contributed by atoms with Crippen LogP contribution in [0.4, 0.5) is 5.82 Å². The van der Waals surface area contributed by atoms with Crippen molar-refractivity contribution in [3.05, 3.63) is 16.5 Å². The molecule has 1 amide bonds. The summed E-state index contributed by atoms with van der Waals surface area (Å²) in [6, 6.07) is 0. The van der Waals surface area contributed by atoms with Gasteiger partial charge in [-0.1, -0.05) is 18.5 Å². The Labute approximate surface area is 131 Å². The van der Waals surface area contributed by atoms with E-state index in [1.54, 1.807) is 0 Å². The van der Waals surface area contributed by atoms with Gasteiger partial charge in [-0.25, -0.2) is 9.97 Å². The van der Waals surface area contributed by atoms with E-state index in [9.17, 15) is 4.79 Å². The van der Waals surface area contributed by atoms with Gasteiger partial charge in [-0.15, -0.1) is 0 Å². The van der Waals surface area contributed by atoms with Crippen LogP contribution in [-0.2, 0) is 11.2 Å². The molecule has 0 aromatic carbocycles. The summed E-state index contributed by atoms with van der Waals surface area (Å²) >= 11 is 6.13. The van der Waals surface area contributed by atoms with Crippen molar-refractivity contribution in [1.29, 1.82) is 0 Å². The fourth-order valence-electron chi connectivity index (χ4n) is 2.45. The van der Waals surface area contributed by atoms with Crippen LogP contribution in [-0.4, -0.2) is 40.4 Å². The zero-order valence-electron chi connectivity index (χ0n) is 12.8. The molecule has 1 aromatic rings. The molecule has 0 aliphatic carbocycles. The van der Waals surface area contributed by atoms with Crippen LogP contribution in [0.15, 0.2) is 0 Å². The standard InChI is InChI=1S/C15H23ClN4O/c1-3-7-12-18-14(16)11(2)15(19-12)17-10-13(21)20-8-5-4-6-9-20/h3-10H2,1-2H3,(H,17,18,19). The molecule has 1 fully saturated rings. The molecule has 0 saturated carbocycles. The second-order valence-corrected chi connectivity index (χ2v) is 5.81. The van der Waals surface area contributed by atoms with Crippen molar-refractivity contribution >= 4 is 23.3 Å². The number of hydrogen-bond acceptors (Lipinski definition) is 4. The Bertz CT molecular complexity index is 501. The van der Waals surface area contributed by atoms with E-state index < -0.39 is 0 Å². The molecule has 0 bridgehead atoms. The SMILES string of the molecule is CCCc1nc(Cl)c(C)c(NCC(=O)N2CCCCC2)n1. The first-order valence-electron chi connectivity index (χ1n) is 7.66. The van der Waals surface area contributed by atoms with Crippen LogP contribution in [0.25, 0.3) is 0 Å². The van der Waals surface area contributed by atoms with Crippen LogP contribution < -0.4 is 5.32 Å². The molecule has 1 N–H and O–H groups in total. The molecule has 2 rings (SSSR count). The molecule has 116 valence electrons. The van der Waals surface area contributed by atoms with Gasteiger partial charge in [-0.2, -0.15) is 0 Å². The van der Waals surface area contributed by atoms with E-state index in [2.05, 4.69) is 22.2 Å². The Morgan fingerprint density at radius 1 is 1.29 bits per heavy atom. The van der Waals surface area contributed by atoms with Crippen LogP contribution in [0.1, 0.15) is 44.0 Å². The van der Waals surface area contributed by atoms with Gasteiger partial charge in [0.25, 0.3) is 0 Å². The number of rotatable bonds is 5. The highest BCUT2D eigenvalue weighted by atomic mass is 35.5. The summed E-state index contributed by atoms with van der Waals surface area (Å²) in [4.78, 5) is 22.8. The molecule has 0 spiro atoms. The molecule has 2 heterocycles. The fourth-order valence-corrected chi connectivity index (χ4v) is 2.64. The normalized spacial score (nSPS) is 15.1. The predicted octanol–water partition coefficient (Wildman–Crippen LogP) is 2.82. The minimum Gasteiger partial charge on any atom is -0.361 e. The van der Waals surface area contributed by atoms with Crippen molar-refractivity contribution in [1.82, 2.24) is 14.9 Å². The summed E-state index contributed by atoms with van der Waals surface area (Å²) < 4.78 is 0. The third-order valence-electron chi connectivity index (χ3n) is 3.72. The van der Waals surface area contributed by atoms with Gasteiger partial charge in [0.15, 0.2) is 0 Å². The van der Waals surface area contributed by atoms with Crippen molar-refractivity contribution in [3.8, 4) is 0 Å². The molecule has 1 aliphatic rings. The molecule has 0 atom stereocenters. The average Bonchev–Trinajstić information content (AvgIpc) is 2.50. The molecule has 21 heavy (non-hydrogen) atoms. The molecular formula is C15H23ClN4O. The molecular weight excluding hydrogens is 288 g/mol. The highest BCUT2D eigenvalue weighted by Gasteiger charge is 2.17. The van der Waals surface area contributed by atoms with E-state index in [0.29, 0.717) is 11.0 Å². The molecule has 1 saturated heterocycles. The Kier molecular flexibility index (Phi) is 5.79. The Hall–Kier alpha value is -1.36. The lowest BCUT2D eigenvalue weighted by atomic mass is 10.1. The zero-order valence-corrected chi connectivity index (χ0v) is 13.5. The van der Waals surface area contributed by atoms with Crippen LogP contribution in [0.3, 0.4) is 0 Å². The number of piperidine rings is 1. The number of nitrogens with one attached hydrogen (secondary N) is 1. The number of amides is 1. The third kappa shape index (κ3) is 4.30. The lowest BCUT2D eigenvalue weighted by Crippen LogP contribution is -2.39. The van der Waals surface area contributed by atoms with E-state index in [1.807, 2.05) is 11.8 Å². The topological polar surface area (TPSA) is 58.1 Å². The first kappa shape index (κ1) is 16.0.